The molecule has 0 spiro atoms. The third-order valence-electron chi connectivity index (χ3n) is 5.62. The summed E-state index contributed by atoms with van der Waals surface area (Å²) in [6, 6.07) is 5.74. The minimum atomic E-state index is -1.22. The van der Waals surface area contributed by atoms with Crippen molar-refractivity contribution in [2.24, 2.45) is 0 Å². The van der Waals surface area contributed by atoms with Crippen molar-refractivity contribution in [1.82, 2.24) is 4.57 Å². The lowest BCUT2D eigenvalue weighted by Crippen LogP contribution is -2.23. The van der Waals surface area contributed by atoms with Crippen molar-refractivity contribution in [1.29, 1.82) is 0 Å². The Morgan fingerprint density at radius 1 is 1.31 bits per heavy atom. The highest BCUT2D eigenvalue weighted by Crippen LogP contribution is 2.46. The molecule has 8 heteroatoms. The van der Waals surface area contributed by atoms with E-state index in [1.54, 1.807) is 13.2 Å². The molecule has 3 heterocycles. The molecule has 2 N–H and O–H groups in total. The number of thiophene rings is 1. The number of fused-ring (bicyclic) bond motifs is 2. The zero-order valence-corrected chi connectivity index (χ0v) is 16.7. The van der Waals surface area contributed by atoms with Gasteiger partial charge in [-0.05, 0) is 49.4 Å². The van der Waals surface area contributed by atoms with E-state index in [1.807, 2.05) is 10.6 Å². The first-order valence-corrected chi connectivity index (χ1v) is 10.4. The molecule has 7 nitrogen and oxygen atoms in total. The van der Waals surface area contributed by atoms with E-state index in [-0.39, 0.29) is 11.6 Å². The third-order valence-corrected chi connectivity index (χ3v) is 6.85. The lowest BCUT2D eigenvalue weighted by atomic mass is 10.0. The van der Waals surface area contributed by atoms with Crippen molar-refractivity contribution in [3.05, 3.63) is 45.7 Å². The maximum atomic E-state index is 12.8. The number of carbonyl (C=O) groups is 1. The molecule has 0 bridgehead atoms. The van der Waals surface area contributed by atoms with Gasteiger partial charge in [-0.15, -0.1) is 11.3 Å². The van der Waals surface area contributed by atoms with Gasteiger partial charge in [0.1, 0.15) is 10.6 Å². The lowest BCUT2D eigenvalue weighted by Gasteiger charge is -2.21. The summed E-state index contributed by atoms with van der Waals surface area (Å²) in [6.07, 6.45) is 5.14. The number of hydrogen-bond acceptors (Lipinski definition) is 6. The number of benzene rings is 1. The van der Waals surface area contributed by atoms with Crippen molar-refractivity contribution in [2.75, 3.05) is 18.7 Å². The van der Waals surface area contributed by atoms with Crippen molar-refractivity contribution < 1.29 is 19.8 Å². The quantitative estimate of drug-likeness (QED) is 0.675. The number of methoxy groups -OCH3 is 1. The molecule has 1 saturated carbocycles. The summed E-state index contributed by atoms with van der Waals surface area (Å²) < 4.78 is 7.65. The number of rotatable bonds is 4. The van der Waals surface area contributed by atoms with E-state index in [1.165, 1.54) is 22.6 Å². The van der Waals surface area contributed by atoms with Crippen LogP contribution in [0.4, 0.5) is 5.00 Å². The van der Waals surface area contributed by atoms with E-state index >= 15 is 0 Å². The molecule has 1 aliphatic carbocycles. The fourth-order valence-corrected chi connectivity index (χ4v) is 5.25. The molecule has 2 aliphatic rings. The first-order valence-electron chi connectivity index (χ1n) is 9.58. The average molecular weight is 412 g/mol. The number of carboxylic acid groups (broad SMARTS) is 1. The number of hydroxylamine groups is 1. The summed E-state index contributed by atoms with van der Waals surface area (Å²) in [5.74, 6) is -0.658. The predicted molar refractivity (Wildman–Crippen MR) is 111 cm³/mol. The van der Waals surface area contributed by atoms with Gasteiger partial charge in [0.2, 0.25) is 5.43 Å². The van der Waals surface area contributed by atoms with Gasteiger partial charge in [0.05, 0.1) is 18.0 Å². The van der Waals surface area contributed by atoms with Gasteiger partial charge in [0, 0.05) is 29.2 Å². The van der Waals surface area contributed by atoms with E-state index in [0.29, 0.717) is 23.2 Å². The van der Waals surface area contributed by atoms with E-state index in [0.717, 1.165) is 46.7 Å². The van der Waals surface area contributed by atoms with Crippen LogP contribution in [0, 0.1) is 0 Å². The first-order chi connectivity index (χ1) is 14.0. The Morgan fingerprint density at radius 3 is 2.76 bits per heavy atom. The first kappa shape index (κ1) is 18.2. The Morgan fingerprint density at radius 2 is 2.10 bits per heavy atom. The van der Waals surface area contributed by atoms with Crippen molar-refractivity contribution in [2.45, 2.75) is 31.7 Å². The Kier molecular flexibility index (Phi) is 4.15. The highest BCUT2D eigenvalue weighted by atomic mass is 32.1. The fourth-order valence-electron chi connectivity index (χ4n) is 4.08. The maximum Gasteiger partial charge on any atom is 0.341 e. The molecular weight excluding hydrogens is 392 g/mol. The van der Waals surface area contributed by atoms with Crippen LogP contribution in [0.1, 0.15) is 41.2 Å². The molecule has 0 amide bonds. The van der Waals surface area contributed by atoms with Crippen LogP contribution in [0.5, 0.6) is 5.75 Å². The summed E-state index contributed by atoms with van der Waals surface area (Å²) in [6.45, 7) is 0.612. The zero-order valence-electron chi connectivity index (χ0n) is 15.8. The van der Waals surface area contributed by atoms with Crippen LogP contribution >= 0.6 is 11.3 Å². The maximum absolute atomic E-state index is 12.8. The van der Waals surface area contributed by atoms with Crippen LogP contribution in [0.25, 0.3) is 21.3 Å². The Bertz CT molecular complexity index is 1210. The SMILES string of the molecule is COc1c(-c2cc3c(s2)N(O)CCC3)ccc2c(=O)c(C(=O)O)cn(C3CC3)c12. The van der Waals surface area contributed by atoms with E-state index < -0.39 is 11.4 Å². The monoisotopic (exact) mass is 412 g/mol. The van der Waals surface area contributed by atoms with Crippen LogP contribution in [0.15, 0.2) is 29.2 Å². The number of nitrogens with zero attached hydrogens (tertiary/aromatic N) is 2. The van der Waals surface area contributed by atoms with Gasteiger partial charge in [-0.1, -0.05) is 0 Å². The van der Waals surface area contributed by atoms with Crippen LogP contribution in [0.2, 0.25) is 0 Å². The van der Waals surface area contributed by atoms with Crippen LogP contribution in [-0.4, -0.2) is 34.5 Å². The minimum absolute atomic E-state index is 0.171. The average Bonchev–Trinajstić information content (AvgIpc) is 3.45. The smallest absolute Gasteiger partial charge is 0.341 e. The number of carboxylic acids is 1. The molecule has 1 aromatic carbocycles. The summed E-state index contributed by atoms with van der Waals surface area (Å²) in [5.41, 5.74) is 1.85. The number of hydrogen-bond donors (Lipinski definition) is 2. The topological polar surface area (TPSA) is 92.0 Å². The predicted octanol–water partition coefficient (Wildman–Crippen LogP) is 3.91. The highest BCUT2D eigenvalue weighted by molar-refractivity contribution is 7.19. The van der Waals surface area contributed by atoms with Gasteiger partial charge >= 0.3 is 5.97 Å². The van der Waals surface area contributed by atoms with Crippen LogP contribution in [-0.2, 0) is 6.42 Å². The van der Waals surface area contributed by atoms with E-state index in [9.17, 15) is 19.9 Å². The van der Waals surface area contributed by atoms with E-state index in [4.69, 9.17) is 4.74 Å². The highest BCUT2D eigenvalue weighted by Gasteiger charge is 2.29. The molecule has 29 heavy (non-hydrogen) atoms. The minimum Gasteiger partial charge on any atom is -0.494 e. The van der Waals surface area contributed by atoms with Gasteiger partial charge in [-0.3, -0.25) is 10.0 Å². The number of ether oxygens (including phenoxy) is 1. The fraction of sp³-hybridized carbons (Fsp3) is 0.333. The molecule has 1 aliphatic heterocycles. The number of pyridine rings is 1. The Labute approximate surface area is 170 Å². The summed E-state index contributed by atoms with van der Waals surface area (Å²) in [4.78, 5) is 25.3. The molecule has 5 rings (SSSR count). The second-order valence-electron chi connectivity index (χ2n) is 7.53. The normalized spacial score (nSPS) is 16.1. The molecule has 0 unspecified atom stereocenters. The van der Waals surface area contributed by atoms with Crippen LogP contribution in [0.3, 0.4) is 0 Å². The number of aromatic carboxylic acids is 1. The second kappa shape index (κ2) is 6.60. The molecule has 0 saturated heterocycles. The van der Waals surface area contributed by atoms with Gasteiger partial charge in [-0.25, -0.2) is 9.86 Å². The summed E-state index contributed by atoms with van der Waals surface area (Å²) in [7, 11) is 1.57. The molecule has 150 valence electrons. The molecular formula is C21H20N2O5S. The molecule has 3 aromatic rings. The van der Waals surface area contributed by atoms with Crippen molar-refractivity contribution in [3.63, 3.8) is 0 Å². The molecule has 1 fully saturated rings. The van der Waals surface area contributed by atoms with Gasteiger partial charge in [0.15, 0.2) is 5.75 Å². The summed E-state index contributed by atoms with van der Waals surface area (Å²) >= 11 is 1.49. The molecule has 0 atom stereocenters. The lowest BCUT2D eigenvalue weighted by molar-refractivity contribution is 0.0695. The molecule has 2 aromatic heterocycles. The van der Waals surface area contributed by atoms with Crippen molar-refractivity contribution >= 4 is 33.2 Å². The third kappa shape index (κ3) is 2.82. The van der Waals surface area contributed by atoms with Crippen molar-refractivity contribution in [3.8, 4) is 16.2 Å². The van der Waals surface area contributed by atoms with E-state index in [2.05, 4.69) is 6.07 Å². The van der Waals surface area contributed by atoms with Crippen LogP contribution < -0.4 is 15.2 Å². The second-order valence-corrected chi connectivity index (χ2v) is 8.56. The van der Waals surface area contributed by atoms with Gasteiger partial charge < -0.3 is 14.4 Å². The Hall–Kier alpha value is -2.84. The number of aromatic nitrogens is 1. The number of anilines is 1. The van der Waals surface area contributed by atoms with Gasteiger partial charge in [0.25, 0.3) is 0 Å². The van der Waals surface area contributed by atoms with Gasteiger partial charge in [-0.2, -0.15) is 0 Å². The Balaban J connectivity index is 1.79. The number of aryl methyl sites for hydroxylation is 1. The largest absolute Gasteiger partial charge is 0.494 e. The zero-order chi connectivity index (χ0) is 20.3. The standard InChI is InChI=1S/C21H20N2O5S/c1-28-19-13(16-9-11-3-2-8-23(27)20(11)29-16)6-7-14-17(19)22(12-4-5-12)10-15(18(14)24)21(25)26/h6-7,9-10,12,27H,2-5,8H2,1H3,(H,25,26). The molecule has 0 radical (unpaired) electrons. The summed E-state index contributed by atoms with van der Waals surface area (Å²) in [5, 5.41) is 22.1.